The average Bonchev–Trinajstić information content (AvgIpc) is 3.40. The van der Waals surface area contributed by atoms with Gasteiger partial charge in [-0.2, -0.15) is 0 Å². The number of nitrogens with zero attached hydrogens (tertiary/aromatic N) is 3. The number of aryl methyl sites for hydroxylation is 1. The fraction of sp³-hybridized carbons (Fsp3) is 0.182. The molecule has 1 atom stereocenters. The first kappa shape index (κ1) is 20.5. The van der Waals surface area contributed by atoms with Crippen LogP contribution in [-0.2, 0) is 9.59 Å². The molecule has 0 radical (unpaired) electrons. The van der Waals surface area contributed by atoms with Crippen LogP contribution in [-0.4, -0.2) is 41.2 Å². The Morgan fingerprint density at radius 1 is 1.06 bits per heavy atom. The van der Waals surface area contributed by atoms with Crippen molar-refractivity contribution in [3.05, 3.63) is 70.2 Å². The first-order valence-electron chi connectivity index (χ1n) is 9.32. The van der Waals surface area contributed by atoms with Crippen LogP contribution in [0.15, 0.2) is 53.5 Å². The smallest absolute Gasteiger partial charge is 0.301 e. The molecule has 4 rings (SSSR count). The lowest BCUT2D eigenvalue weighted by Gasteiger charge is -2.23. The van der Waals surface area contributed by atoms with Gasteiger partial charge in [-0.25, -0.2) is 0 Å². The van der Waals surface area contributed by atoms with Gasteiger partial charge in [0.15, 0.2) is 11.5 Å². The maximum atomic E-state index is 13.0. The van der Waals surface area contributed by atoms with Crippen LogP contribution < -0.4 is 14.4 Å². The molecule has 1 unspecified atom stereocenters. The molecule has 1 amide bonds. The van der Waals surface area contributed by atoms with E-state index in [2.05, 4.69) is 10.2 Å². The summed E-state index contributed by atoms with van der Waals surface area (Å²) in [6.45, 7) is 1.92. The van der Waals surface area contributed by atoms with Crippen LogP contribution in [0.4, 0.5) is 5.13 Å². The standard InChI is InChI=1S/C22H19N3O5S/c1-12-4-6-13(7-5-12)19(26)17-18(14-8-9-15(29-2)16(10-14)30-3)25(21(28)20(17)27)22-24-23-11-31-22/h4-11,18,26H,1-3H3/b19-17-. The number of methoxy groups -OCH3 is 2. The van der Waals surface area contributed by atoms with E-state index in [0.29, 0.717) is 22.6 Å². The van der Waals surface area contributed by atoms with Gasteiger partial charge >= 0.3 is 5.91 Å². The molecule has 2 heterocycles. The van der Waals surface area contributed by atoms with Gasteiger partial charge in [0.25, 0.3) is 5.78 Å². The lowest BCUT2D eigenvalue weighted by atomic mass is 9.95. The van der Waals surface area contributed by atoms with E-state index in [4.69, 9.17) is 9.47 Å². The van der Waals surface area contributed by atoms with Crippen molar-refractivity contribution in [2.45, 2.75) is 13.0 Å². The summed E-state index contributed by atoms with van der Waals surface area (Å²) in [6, 6.07) is 11.2. The minimum Gasteiger partial charge on any atom is -0.507 e. The van der Waals surface area contributed by atoms with Crippen LogP contribution in [0.3, 0.4) is 0 Å². The van der Waals surface area contributed by atoms with Crippen molar-refractivity contribution in [2.24, 2.45) is 0 Å². The van der Waals surface area contributed by atoms with Crippen molar-refractivity contribution in [1.29, 1.82) is 0 Å². The Morgan fingerprint density at radius 3 is 2.39 bits per heavy atom. The largest absolute Gasteiger partial charge is 0.507 e. The number of carbonyl (C=O) groups is 2. The molecule has 158 valence electrons. The molecule has 1 aliphatic rings. The summed E-state index contributed by atoms with van der Waals surface area (Å²) in [5.41, 5.74) is 3.44. The second-order valence-electron chi connectivity index (χ2n) is 6.87. The van der Waals surface area contributed by atoms with Crippen molar-refractivity contribution < 1.29 is 24.2 Å². The Bertz CT molecular complexity index is 1170. The van der Waals surface area contributed by atoms with Crippen molar-refractivity contribution in [3.63, 3.8) is 0 Å². The predicted octanol–water partition coefficient (Wildman–Crippen LogP) is 3.49. The van der Waals surface area contributed by atoms with E-state index in [1.807, 2.05) is 19.1 Å². The minimum absolute atomic E-state index is 0.0312. The lowest BCUT2D eigenvalue weighted by molar-refractivity contribution is -0.132. The number of hydrogen-bond acceptors (Lipinski definition) is 8. The minimum atomic E-state index is -0.908. The number of aliphatic hydroxyl groups is 1. The summed E-state index contributed by atoms with van der Waals surface area (Å²) in [5, 5.41) is 19.1. The second-order valence-corrected chi connectivity index (χ2v) is 7.68. The van der Waals surface area contributed by atoms with Gasteiger partial charge in [0.1, 0.15) is 11.3 Å². The zero-order valence-corrected chi connectivity index (χ0v) is 17.8. The number of anilines is 1. The molecule has 0 aliphatic carbocycles. The van der Waals surface area contributed by atoms with E-state index in [1.165, 1.54) is 24.6 Å². The van der Waals surface area contributed by atoms with Crippen LogP contribution in [0.25, 0.3) is 5.76 Å². The number of amides is 1. The van der Waals surface area contributed by atoms with Crippen molar-refractivity contribution >= 4 is 33.9 Å². The summed E-state index contributed by atoms with van der Waals surface area (Å²) >= 11 is 1.12. The van der Waals surface area contributed by atoms with E-state index < -0.39 is 17.7 Å². The quantitative estimate of drug-likeness (QED) is 0.370. The zero-order valence-electron chi connectivity index (χ0n) is 17.0. The van der Waals surface area contributed by atoms with Gasteiger partial charge < -0.3 is 14.6 Å². The first-order chi connectivity index (χ1) is 15.0. The van der Waals surface area contributed by atoms with Gasteiger partial charge in [0.05, 0.1) is 25.8 Å². The molecule has 2 aromatic carbocycles. The summed E-state index contributed by atoms with van der Waals surface area (Å²) < 4.78 is 10.7. The zero-order chi connectivity index (χ0) is 22.1. The molecular formula is C22H19N3O5S. The van der Waals surface area contributed by atoms with Gasteiger partial charge in [0, 0.05) is 5.56 Å². The monoisotopic (exact) mass is 437 g/mol. The fourth-order valence-corrected chi connectivity index (χ4v) is 4.09. The van der Waals surface area contributed by atoms with E-state index in [1.54, 1.807) is 30.3 Å². The SMILES string of the molecule is COc1ccc(C2/C(=C(/O)c3ccc(C)cc3)C(=O)C(=O)N2c2nncs2)cc1OC. The highest BCUT2D eigenvalue weighted by molar-refractivity contribution is 7.13. The Labute approximate surface area is 182 Å². The molecule has 8 nitrogen and oxygen atoms in total. The predicted molar refractivity (Wildman–Crippen MR) is 115 cm³/mol. The molecule has 1 saturated heterocycles. The molecule has 3 aromatic rings. The molecule has 31 heavy (non-hydrogen) atoms. The van der Waals surface area contributed by atoms with Crippen LogP contribution in [0.2, 0.25) is 0 Å². The van der Waals surface area contributed by atoms with Crippen molar-refractivity contribution in [2.75, 3.05) is 19.1 Å². The molecule has 1 N–H and O–H groups in total. The number of aliphatic hydroxyl groups excluding tert-OH is 1. The number of ether oxygens (including phenoxy) is 2. The summed E-state index contributed by atoms with van der Waals surface area (Å²) in [5.74, 6) is -0.917. The van der Waals surface area contributed by atoms with Crippen molar-refractivity contribution in [3.8, 4) is 11.5 Å². The van der Waals surface area contributed by atoms with Gasteiger partial charge in [-0.05, 0) is 24.6 Å². The van der Waals surface area contributed by atoms with Crippen molar-refractivity contribution in [1.82, 2.24) is 10.2 Å². The fourth-order valence-electron chi connectivity index (χ4n) is 3.51. The van der Waals surface area contributed by atoms with E-state index >= 15 is 0 Å². The van der Waals surface area contributed by atoms with E-state index in [9.17, 15) is 14.7 Å². The highest BCUT2D eigenvalue weighted by Crippen LogP contribution is 2.44. The Balaban J connectivity index is 1.94. The maximum absolute atomic E-state index is 13.0. The third kappa shape index (κ3) is 3.53. The van der Waals surface area contributed by atoms with E-state index in [-0.39, 0.29) is 16.5 Å². The summed E-state index contributed by atoms with van der Waals surface area (Å²) in [4.78, 5) is 27.3. The molecule has 1 fully saturated rings. The van der Waals surface area contributed by atoms with E-state index in [0.717, 1.165) is 16.9 Å². The highest BCUT2D eigenvalue weighted by atomic mass is 32.1. The average molecular weight is 437 g/mol. The van der Waals surface area contributed by atoms with Crippen LogP contribution in [0.5, 0.6) is 11.5 Å². The molecule has 1 aromatic heterocycles. The highest BCUT2D eigenvalue weighted by Gasteiger charge is 2.48. The molecule has 0 saturated carbocycles. The molecule has 9 heteroatoms. The number of hydrogen-bond donors (Lipinski definition) is 1. The third-order valence-corrected chi connectivity index (χ3v) is 5.74. The summed E-state index contributed by atoms with van der Waals surface area (Å²) in [7, 11) is 3.01. The Morgan fingerprint density at radius 2 is 1.77 bits per heavy atom. The molecule has 1 aliphatic heterocycles. The maximum Gasteiger partial charge on any atom is 0.301 e. The number of Topliss-reactive ketones (excluding diaryl/α,β-unsaturated/α-hetero) is 1. The second kappa shape index (κ2) is 8.19. The van der Waals surface area contributed by atoms with Gasteiger partial charge in [-0.1, -0.05) is 47.2 Å². The lowest BCUT2D eigenvalue weighted by Crippen LogP contribution is -2.29. The van der Waals surface area contributed by atoms with Crippen LogP contribution in [0, 0.1) is 6.92 Å². The van der Waals surface area contributed by atoms with Gasteiger partial charge in [-0.15, -0.1) is 10.2 Å². The first-order valence-corrected chi connectivity index (χ1v) is 10.2. The van der Waals surface area contributed by atoms with Crippen LogP contribution >= 0.6 is 11.3 Å². The molecular weight excluding hydrogens is 418 g/mol. The van der Waals surface area contributed by atoms with Gasteiger partial charge in [0.2, 0.25) is 5.13 Å². The number of ketones is 1. The van der Waals surface area contributed by atoms with Gasteiger partial charge in [-0.3, -0.25) is 14.5 Å². The Kier molecular flexibility index (Phi) is 5.43. The summed E-state index contributed by atoms with van der Waals surface area (Å²) in [6.07, 6.45) is 0. The topological polar surface area (TPSA) is 102 Å². The number of aromatic nitrogens is 2. The number of carbonyl (C=O) groups excluding carboxylic acids is 2. The third-order valence-electron chi connectivity index (χ3n) is 5.05. The molecule has 0 bridgehead atoms. The normalized spacial score (nSPS) is 17.8. The molecule has 0 spiro atoms. The van der Waals surface area contributed by atoms with Crippen LogP contribution in [0.1, 0.15) is 22.7 Å². The number of benzene rings is 2. The Hall–Kier alpha value is -3.72. The number of rotatable bonds is 5.